The minimum atomic E-state index is -0.375. The summed E-state index contributed by atoms with van der Waals surface area (Å²) in [4.78, 5) is 11.7. The van der Waals surface area contributed by atoms with Crippen molar-refractivity contribution in [3.63, 3.8) is 0 Å². The van der Waals surface area contributed by atoms with E-state index in [1.165, 1.54) is 0 Å². The lowest BCUT2D eigenvalue weighted by atomic mass is 10.3. The maximum absolute atomic E-state index is 11.7. The van der Waals surface area contributed by atoms with Gasteiger partial charge in [0.05, 0.1) is 0 Å². The van der Waals surface area contributed by atoms with Gasteiger partial charge in [0.25, 0.3) is 0 Å². The Bertz CT molecular complexity index is 506. The standard InChI is InChI=1S/C14H13N3OS/c18-13(15-11-7-3-1-4-8-11)17-14(19)16-12-9-5-2-6-10-12/h1-10H,(H3,15,16,17,18,19). The molecule has 0 aliphatic rings. The summed E-state index contributed by atoms with van der Waals surface area (Å²) in [5, 5.41) is 8.40. The van der Waals surface area contributed by atoms with Crippen LogP contribution in [0.1, 0.15) is 0 Å². The fourth-order valence-electron chi connectivity index (χ4n) is 1.47. The second kappa shape index (κ2) is 6.51. The van der Waals surface area contributed by atoms with Crippen molar-refractivity contribution in [2.75, 3.05) is 10.6 Å². The van der Waals surface area contributed by atoms with E-state index in [-0.39, 0.29) is 11.1 Å². The van der Waals surface area contributed by atoms with Gasteiger partial charge in [-0.05, 0) is 36.5 Å². The highest BCUT2D eigenvalue weighted by Crippen LogP contribution is 2.06. The van der Waals surface area contributed by atoms with Crippen LogP contribution in [0.25, 0.3) is 0 Å². The van der Waals surface area contributed by atoms with E-state index in [9.17, 15) is 4.79 Å². The van der Waals surface area contributed by atoms with Crippen molar-refractivity contribution in [2.24, 2.45) is 0 Å². The fraction of sp³-hybridized carbons (Fsp3) is 0. The van der Waals surface area contributed by atoms with E-state index >= 15 is 0 Å². The van der Waals surface area contributed by atoms with Crippen LogP contribution in [0.15, 0.2) is 60.7 Å². The largest absolute Gasteiger partial charge is 0.332 e. The summed E-state index contributed by atoms with van der Waals surface area (Å²) in [5.41, 5.74) is 1.54. The number of hydrogen-bond acceptors (Lipinski definition) is 2. The smallest absolute Gasteiger partial charge is 0.325 e. The molecule has 0 unspecified atom stereocenters. The molecule has 0 saturated heterocycles. The Morgan fingerprint density at radius 1 is 0.789 bits per heavy atom. The second-order valence-electron chi connectivity index (χ2n) is 3.77. The summed E-state index contributed by atoms with van der Waals surface area (Å²) >= 11 is 5.05. The highest BCUT2D eigenvalue weighted by atomic mass is 32.1. The first-order valence-corrected chi connectivity index (χ1v) is 6.14. The van der Waals surface area contributed by atoms with Gasteiger partial charge in [-0.2, -0.15) is 0 Å². The zero-order chi connectivity index (χ0) is 13.5. The van der Waals surface area contributed by atoms with Crippen molar-refractivity contribution in [1.29, 1.82) is 0 Å². The average molecular weight is 271 g/mol. The number of anilines is 2. The number of urea groups is 1. The number of para-hydroxylation sites is 2. The molecule has 2 aromatic rings. The molecule has 0 radical (unpaired) electrons. The Hall–Kier alpha value is -2.40. The van der Waals surface area contributed by atoms with Gasteiger partial charge in [-0.25, -0.2) is 4.79 Å². The Kier molecular flexibility index (Phi) is 4.47. The fourth-order valence-corrected chi connectivity index (χ4v) is 1.68. The van der Waals surface area contributed by atoms with Crippen LogP contribution in [0.5, 0.6) is 0 Å². The number of benzene rings is 2. The van der Waals surface area contributed by atoms with Crippen molar-refractivity contribution < 1.29 is 4.79 Å². The van der Waals surface area contributed by atoms with Crippen LogP contribution in [0, 0.1) is 0 Å². The lowest BCUT2D eigenvalue weighted by molar-refractivity contribution is 0.256. The van der Waals surface area contributed by atoms with Gasteiger partial charge in [-0.3, -0.25) is 5.32 Å². The van der Waals surface area contributed by atoms with Crippen molar-refractivity contribution in [3.8, 4) is 0 Å². The zero-order valence-corrected chi connectivity index (χ0v) is 10.9. The molecule has 2 amide bonds. The van der Waals surface area contributed by atoms with E-state index in [1.54, 1.807) is 12.1 Å². The number of thiocarbonyl (C=S) groups is 1. The minimum absolute atomic E-state index is 0.250. The van der Waals surface area contributed by atoms with Crippen LogP contribution in [-0.2, 0) is 0 Å². The molecular weight excluding hydrogens is 258 g/mol. The third-order valence-corrected chi connectivity index (χ3v) is 2.49. The topological polar surface area (TPSA) is 53.2 Å². The monoisotopic (exact) mass is 271 g/mol. The molecule has 0 aliphatic carbocycles. The quantitative estimate of drug-likeness (QED) is 0.735. The van der Waals surface area contributed by atoms with Gasteiger partial charge in [0, 0.05) is 11.4 Å². The maximum atomic E-state index is 11.7. The molecule has 0 heterocycles. The molecule has 5 heteroatoms. The second-order valence-corrected chi connectivity index (χ2v) is 4.17. The Balaban J connectivity index is 1.84. The molecule has 0 aromatic heterocycles. The van der Waals surface area contributed by atoms with E-state index in [4.69, 9.17) is 12.2 Å². The molecule has 2 rings (SSSR count). The van der Waals surface area contributed by atoms with Gasteiger partial charge in [0.2, 0.25) is 0 Å². The van der Waals surface area contributed by atoms with Crippen LogP contribution < -0.4 is 16.0 Å². The van der Waals surface area contributed by atoms with E-state index in [0.717, 1.165) is 5.69 Å². The Morgan fingerprint density at radius 2 is 1.26 bits per heavy atom. The Labute approximate surface area is 116 Å². The van der Waals surface area contributed by atoms with Gasteiger partial charge in [-0.1, -0.05) is 36.4 Å². The lowest BCUT2D eigenvalue weighted by Crippen LogP contribution is -2.37. The van der Waals surface area contributed by atoms with Gasteiger partial charge in [0.1, 0.15) is 0 Å². The van der Waals surface area contributed by atoms with Crippen molar-refractivity contribution in [2.45, 2.75) is 0 Å². The maximum Gasteiger partial charge on any atom is 0.325 e. The van der Waals surface area contributed by atoms with Crippen LogP contribution in [0.2, 0.25) is 0 Å². The molecule has 0 spiro atoms. The van der Waals surface area contributed by atoms with Crippen molar-refractivity contribution >= 4 is 34.7 Å². The molecule has 0 aliphatic heterocycles. The number of hydrogen-bond donors (Lipinski definition) is 3. The third kappa shape index (κ3) is 4.40. The number of nitrogens with one attached hydrogen (secondary N) is 3. The van der Waals surface area contributed by atoms with Gasteiger partial charge >= 0.3 is 6.03 Å². The molecule has 0 saturated carbocycles. The van der Waals surface area contributed by atoms with Crippen molar-refractivity contribution in [1.82, 2.24) is 5.32 Å². The number of carbonyl (C=O) groups is 1. The predicted molar refractivity (Wildman–Crippen MR) is 81.3 cm³/mol. The van der Waals surface area contributed by atoms with Gasteiger partial charge in [-0.15, -0.1) is 0 Å². The lowest BCUT2D eigenvalue weighted by Gasteiger charge is -2.10. The first-order valence-electron chi connectivity index (χ1n) is 5.73. The summed E-state index contributed by atoms with van der Waals surface area (Å²) in [7, 11) is 0. The average Bonchev–Trinajstić information content (AvgIpc) is 2.40. The highest BCUT2D eigenvalue weighted by Gasteiger charge is 2.04. The van der Waals surface area contributed by atoms with Crippen LogP contribution >= 0.6 is 12.2 Å². The van der Waals surface area contributed by atoms with E-state index < -0.39 is 0 Å². The summed E-state index contributed by atoms with van der Waals surface area (Å²) in [6.45, 7) is 0. The third-order valence-electron chi connectivity index (χ3n) is 2.29. The first-order chi connectivity index (χ1) is 9.24. The molecule has 3 N–H and O–H groups in total. The van der Waals surface area contributed by atoms with Crippen LogP contribution in [-0.4, -0.2) is 11.1 Å². The molecular formula is C14H13N3OS. The summed E-state index contributed by atoms with van der Waals surface area (Å²) < 4.78 is 0. The molecule has 0 bridgehead atoms. The molecule has 0 fully saturated rings. The number of amides is 2. The predicted octanol–water partition coefficient (Wildman–Crippen LogP) is 3.21. The van der Waals surface area contributed by atoms with Crippen LogP contribution in [0.4, 0.5) is 16.2 Å². The number of rotatable bonds is 2. The summed E-state index contributed by atoms with van der Waals surface area (Å²) in [5.74, 6) is 0. The molecule has 19 heavy (non-hydrogen) atoms. The zero-order valence-electron chi connectivity index (χ0n) is 10.1. The molecule has 4 nitrogen and oxygen atoms in total. The van der Waals surface area contributed by atoms with Crippen LogP contribution in [0.3, 0.4) is 0 Å². The molecule has 0 atom stereocenters. The van der Waals surface area contributed by atoms with Gasteiger partial charge in [0.15, 0.2) is 5.11 Å². The van der Waals surface area contributed by atoms with E-state index in [2.05, 4.69) is 16.0 Å². The van der Waals surface area contributed by atoms with Crippen molar-refractivity contribution in [3.05, 3.63) is 60.7 Å². The van der Waals surface area contributed by atoms with Gasteiger partial charge < -0.3 is 10.6 Å². The normalized spacial score (nSPS) is 9.47. The molecule has 2 aromatic carbocycles. The van der Waals surface area contributed by atoms with E-state index in [0.29, 0.717) is 5.69 Å². The number of carbonyl (C=O) groups excluding carboxylic acids is 1. The summed E-state index contributed by atoms with van der Waals surface area (Å²) in [6.07, 6.45) is 0. The highest BCUT2D eigenvalue weighted by molar-refractivity contribution is 7.80. The minimum Gasteiger partial charge on any atom is -0.332 e. The van der Waals surface area contributed by atoms with E-state index in [1.807, 2.05) is 48.5 Å². The summed E-state index contributed by atoms with van der Waals surface area (Å²) in [6, 6.07) is 18.2. The molecule has 96 valence electrons. The Morgan fingerprint density at radius 3 is 1.79 bits per heavy atom. The first kappa shape index (κ1) is 13.0. The SMILES string of the molecule is O=C(NC(=S)Nc1ccccc1)Nc1ccccc1.